The van der Waals surface area contributed by atoms with E-state index in [-0.39, 0.29) is 0 Å². The zero-order valence-electron chi connectivity index (χ0n) is 17.7. The van der Waals surface area contributed by atoms with Gasteiger partial charge in [0.15, 0.2) is 0 Å². The second-order valence-corrected chi connectivity index (χ2v) is 8.40. The van der Waals surface area contributed by atoms with Gasteiger partial charge in [0.1, 0.15) is 10.8 Å². The van der Waals surface area contributed by atoms with Gasteiger partial charge in [0.2, 0.25) is 0 Å². The van der Waals surface area contributed by atoms with E-state index in [1.807, 2.05) is 73.1 Å². The van der Waals surface area contributed by atoms with Crippen LogP contribution in [0.4, 0.5) is 5.69 Å². The summed E-state index contributed by atoms with van der Waals surface area (Å²) in [4.78, 5) is 16.2. The van der Waals surface area contributed by atoms with Gasteiger partial charge in [-0.3, -0.25) is 9.97 Å². The molecule has 0 saturated carbocycles. The lowest BCUT2D eigenvalue weighted by molar-refractivity contribution is 0.416. The molecule has 5 rings (SSSR count). The highest BCUT2D eigenvalue weighted by Gasteiger charge is 2.16. The fourth-order valence-electron chi connectivity index (χ4n) is 3.66. The second-order valence-electron chi connectivity index (χ2n) is 7.37. The Kier molecular flexibility index (Phi) is 5.77. The van der Waals surface area contributed by atoms with Gasteiger partial charge in [-0.05, 0) is 54.6 Å². The molecule has 0 aliphatic carbocycles. The number of fused-ring (bicyclic) bond motifs is 1. The third-order valence-electron chi connectivity index (χ3n) is 5.23. The third kappa shape index (κ3) is 4.31. The smallest absolute Gasteiger partial charge is 0.129 e. The van der Waals surface area contributed by atoms with Gasteiger partial charge in [0.25, 0.3) is 0 Å². The number of hydrogen-bond acceptors (Lipinski definition) is 6. The quantitative estimate of drug-likeness (QED) is 0.313. The molecule has 0 saturated heterocycles. The molecule has 0 fully saturated rings. The number of anilines is 1. The maximum atomic E-state index is 5.69. The molecule has 0 bridgehead atoms. The van der Waals surface area contributed by atoms with Gasteiger partial charge >= 0.3 is 0 Å². The molecule has 0 unspecified atom stereocenters. The van der Waals surface area contributed by atoms with E-state index in [2.05, 4.69) is 33.1 Å². The molecular weight excluding hydrogens is 416 g/mol. The van der Waals surface area contributed by atoms with Crippen molar-refractivity contribution in [2.75, 3.05) is 12.0 Å². The molecule has 0 spiro atoms. The van der Waals surface area contributed by atoms with E-state index < -0.39 is 0 Å². The summed E-state index contributed by atoms with van der Waals surface area (Å²) in [5.74, 6) is 0.809. The Labute approximate surface area is 191 Å². The van der Waals surface area contributed by atoms with Crippen molar-refractivity contribution in [3.63, 3.8) is 0 Å². The highest BCUT2D eigenvalue weighted by Crippen LogP contribution is 2.38. The maximum Gasteiger partial charge on any atom is 0.129 e. The number of thiazole rings is 1. The number of aromatic nitrogens is 3. The summed E-state index contributed by atoms with van der Waals surface area (Å²) in [5.41, 5.74) is 5.05. The second kappa shape index (κ2) is 9.16. The highest BCUT2D eigenvalue weighted by molar-refractivity contribution is 7.21. The van der Waals surface area contributed by atoms with E-state index in [0.717, 1.165) is 43.6 Å². The van der Waals surface area contributed by atoms with E-state index >= 15 is 0 Å². The standard InChI is InChI=1S/C26H22N4OS/c1-31-24-13-12-21(16-22(24)26-29-23-10-2-3-11-25(23)32-26)30(17-19-8-4-6-14-27-19)18-20-9-5-7-15-28-20/h2-16H,17-18H2,1H3. The van der Waals surface area contributed by atoms with Crippen molar-refractivity contribution < 1.29 is 4.74 Å². The van der Waals surface area contributed by atoms with Crippen LogP contribution in [0.2, 0.25) is 0 Å². The van der Waals surface area contributed by atoms with E-state index in [1.165, 1.54) is 0 Å². The van der Waals surface area contributed by atoms with Gasteiger partial charge in [0.05, 0.1) is 47.4 Å². The van der Waals surface area contributed by atoms with Gasteiger partial charge in [-0.1, -0.05) is 24.3 Å². The summed E-state index contributed by atoms with van der Waals surface area (Å²) in [7, 11) is 1.70. The Morgan fingerprint density at radius 1 is 0.812 bits per heavy atom. The lowest BCUT2D eigenvalue weighted by Gasteiger charge is -2.25. The van der Waals surface area contributed by atoms with Crippen LogP contribution in [-0.2, 0) is 13.1 Å². The van der Waals surface area contributed by atoms with E-state index in [1.54, 1.807) is 18.4 Å². The first-order valence-electron chi connectivity index (χ1n) is 10.4. The van der Waals surface area contributed by atoms with Crippen LogP contribution in [0.15, 0.2) is 91.3 Å². The van der Waals surface area contributed by atoms with E-state index in [4.69, 9.17) is 9.72 Å². The minimum absolute atomic E-state index is 0.670. The first kappa shape index (κ1) is 20.2. The van der Waals surface area contributed by atoms with Crippen molar-refractivity contribution >= 4 is 27.2 Å². The predicted octanol–water partition coefficient (Wildman–Crippen LogP) is 5.97. The Morgan fingerprint density at radius 3 is 2.12 bits per heavy atom. The lowest BCUT2D eigenvalue weighted by Crippen LogP contribution is -2.23. The molecule has 0 amide bonds. The minimum atomic E-state index is 0.670. The average molecular weight is 439 g/mol. The number of methoxy groups -OCH3 is 1. The van der Waals surface area contributed by atoms with Crippen LogP contribution in [0.5, 0.6) is 5.75 Å². The van der Waals surface area contributed by atoms with Gasteiger partial charge in [-0.2, -0.15) is 0 Å². The molecule has 5 aromatic rings. The van der Waals surface area contributed by atoms with Crippen molar-refractivity contribution in [2.24, 2.45) is 0 Å². The van der Waals surface area contributed by atoms with E-state index in [9.17, 15) is 0 Å². The van der Waals surface area contributed by atoms with Crippen LogP contribution >= 0.6 is 11.3 Å². The summed E-state index contributed by atoms with van der Waals surface area (Å²) >= 11 is 1.67. The van der Waals surface area contributed by atoms with Crippen molar-refractivity contribution in [1.82, 2.24) is 15.0 Å². The lowest BCUT2D eigenvalue weighted by atomic mass is 10.1. The summed E-state index contributed by atoms with van der Waals surface area (Å²) < 4.78 is 6.85. The first-order valence-corrected chi connectivity index (χ1v) is 11.2. The number of nitrogens with zero attached hydrogens (tertiary/aromatic N) is 4. The van der Waals surface area contributed by atoms with Crippen LogP contribution in [0, 0.1) is 0 Å². The topological polar surface area (TPSA) is 51.1 Å². The molecule has 0 atom stereocenters. The van der Waals surface area contributed by atoms with E-state index in [0.29, 0.717) is 13.1 Å². The number of benzene rings is 2. The molecule has 0 N–H and O–H groups in total. The Hall–Kier alpha value is -3.77. The summed E-state index contributed by atoms with van der Waals surface area (Å²) in [5, 5.41) is 0.945. The number of ether oxygens (including phenoxy) is 1. The monoisotopic (exact) mass is 438 g/mol. The fourth-order valence-corrected chi connectivity index (χ4v) is 4.65. The Bertz CT molecular complexity index is 1250. The van der Waals surface area contributed by atoms with Crippen LogP contribution in [0.1, 0.15) is 11.4 Å². The van der Waals surface area contributed by atoms with Gasteiger partial charge in [0, 0.05) is 18.1 Å². The molecule has 0 aliphatic heterocycles. The SMILES string of the molecule is COc1ccc(N(Cc2ccccn2)Cc2ccccn2)cc1-c1nc2ccccc2s1. The molecule has 5 nitrogen and oxygen atoms in total. The molecule has 32 heavy (non-hydrogen) atoms. The molecule has 3 heterocycles. The Balaban J connectivity index is 1.56. The fraction of sp³-hybridized carbons (Fsp3) is 0.115. The van der Waals surface area contributed by atoms with Gasteiger partial charge in [-0.25, -0.2) is 4.98 Å². The maximum absolute atomic E-state index is 5.69. The van der Waals surface area contributed by atoms with Crippen LogP contribution in [0.3, 0.4) is 0 Å². The first-order chi connectivity index (χ1) is 15.8. The summed E-state index contributed by atoms with van der Waals surface area (Å²) in [6.45, 7) is 1.34. The normalized spacial score (nSPS) is 10.9. The van der Waals surface area contributed by atoms with Gasteiger partial charge < -0.3 is 9.64 Å². The molecule has 3 aromatic heterocycles. The van der Waals surface area contributed by atoms with Crippen molar-refractivity contribution in [3.05, 3.63) is 103 Å². The van der Waals surface area contributed by atoms with Crippen LogP contribution < -0.4 is 9.64 Å². The zero-order valence-corrected chi connectivity index (χ0v) is 18.5. The number of hydrogen-bond donors (Lipinski definition) is 0. The summed E-state index contributed by atoms with van der Waals surface area (Å²) in [6.07, 6.45) is 3.66. The van der Waals surface area contributed by atoms with Crippen molar-refractivity contribution in [2.45, 2.75) is 13.1 Å². The number of pyridine rings is 2. The molecular formula is C26H22N4OS. The number of para-hydroxylation sites is 1. The third-order valence-corrected chi connectivity index (χ3v) is 6.30. The number of rotatable bonds is 7. The molecule has 0 aliphatic rings. The summed E-state index contributed by atoms with van der Waals surface area (Å²) in [6, 6.07) is 26.4. The average Bonchev–Trinajstić information content (AvgIpc) is 3.29. The minimum Gasteiger partial charge on any atom is -0.496 e. The van der Waals surface area contributed by atoms with Crippen LogP contribution in [-0.4, -0.2) is 22.1 Å². The molecule has 6 heteroatoms. The van der Waals surface area contributed by atoms with Crippen molar-refractivity contribution in [1.29, 1.82) is 0 Å². The Morgan fingerprint density at radius 2 is 1.50 bits per heavy atom. The molecule has 0 radical (unpaired) electrons. The molecule has 2 aromatic carbocycles. The van der Waals surface area contributed by atoms with Crippen molar-refractivity contribution in [3.8, 4) is 16.3 Å². The predicted molar refractivity (Wildman–Crippen MR) is 130 cm³/mol. The highest BCUT2D eigenvalue weighted by atomic mass is 32.1. The zero-order chi connectivity index (χ0) is 21.8. The van der Waals surface area contributed by atoms with Gasteiger partial charge in [-0.15, -0.1) is 11.3 Å². The van der Waals surface area contributed by atoms with Crippen LogP contribution in [0.25, 0.3) is 20.8 Å². The largest absolute Gasteiger partial charge is 0.496 e. The molecule has 158 valence electrons.